The third-order valence-electron chi connectivity index (χ3n) is 6.38. The minimum Gasteiger partial charge on any atom is -0.377 e. The Hall–Kier alpha value is -3.11. The maximum absolute atomic E-state index is 12.9. The van der Waals surface area contributed by atoms with Crippen molar-refractivity contribution < 1.29 is 4.79 Å². The van der Waals surface area contributed by atoms with Crippen molar-refractivity contribution in [1.29, 1.82) is 0 Å². The monoisotopic (exact) mass is 427 g/mol. The zero-order valence-electron chi connectivity index (χ0n) is 19.1. The molecule has 4 rings (SSSR count). The van der Waals surface area contributed by atoms with Crippen LogP contribution < -0.4 is 10.2 Å². The summed E-state index contributed by atoms with van der Waals surface area (Å²) in [4.78, 5) is 17.4. The molecule has 0 bridgehead atoms. The van der Waals surface area contributed by atoms with E-state index in [0.29, 0.717) is 5.92 Å². The molecule has 0 saturated carbocycles. The average molecular weight is 428 g/mol. The third kappa shape index (κ3) is 5.38. The van der Waals surface area contributed by atoms with Crippen molar-refractivity contribution in [2.75, 3.05) is 38.6 Å². The van der Waals surface area contributed by atoms with Gasteiger partial charge in [0.1, 0.15) is 0 Å². The molecular formula is C28H33N3O. The molecule has 1 atom stereocenters. The molecule has 4 heteroatoms. The van der Waals surface area contributed by atoms with E-state index in [0.717, 1.165) is 43.7 Å². The first-order chi connectivity index (χ1) is 15.6. The molecule has 1 heterocycles. The van der Waals surface area contributed by atoms with Gasteiger partial charge in [0.2, 0.25) is 0 Å². The molecule has 1 aliphatic heterocycles. The van der Waals surface area contributed by atoms with Crippen LogP contribution in [0.1, 0.15) is 40.2 Å². The fourth-order valence-corrected chi connectivity index (χ4v) is 4.68. The molecule has 1 saturated heterocycles. The quantitative estimate of drug-likeness (QED) is 0.562. The number of likely N-dealkylation sites (tertiary alicyclic amines) is 1. The van der Waals surface area contributed by atoms with Gasteiger partial charge in [0, 0.05) is 44.8 Å². The maximum atomic E-state index is 12.9. The first-order valence-corrected chi connectivity index (χ1v) is 11.5. The predicted molar refractivity (Wildman–Crippen MR) is 132 cm³/mol. The standard InChI is InChI=1S/C28H33N3O/c1-30(2)27-16-10-9-15-26(27)28(32)29-24-17-19-31(21-24)20-18-25(22-11-5-3-6-12-22)23-13-7-4-8-14-23/h3-16,24-25H,17-21H2,1-2H3,(H,29,32). The van der Waals surface area contributed by atoms with Gasteiger partial charge in [-0.05, 0) is 42.6 Å². The SMILES string of the molecule is CN(C)c1ccccc1C(=O)NC1CCN(CCC(c2ccccc2)c2ccccc2)C1. The number of carbonyl (C=O) groups excluding carboxylic acids is 1. The number of anilines is 1. The van der Waals surface area contributed by atoms with Crippen LogP contribution in [0.2, 0.25) is 0 Å². The molecule has 0 aromatic heterocycles. The van der Waals surface area contributed by atoms with E-state index in [1.165, 1.54) is 11.1 Å². The van der Waals surface area contributed by atoms with Gasteiger partial charge in [-0.25, -0.2) is 0 Å². The van der Waals surface area contributed by atoms with Crippen molar-refractivity contribution in [3.8, 4) is 0 Å². The summed E-state index contributed by atoms with van der Waals surface area (Å²) < 4.78 is 0. The van der Waals surface area contributed by atoms with Crippen molar-refractivity contribution in [2.45, 2.75) is 24.8 Å². The Kier molecular flexibility index (Phi) is 7.23. The predicted octanol–water partition coefficient (Wildman–Crippen LogP) is 4.78. The molecular weight excluding hydrogens is 394 g/mol. The van der Waals surface area contributed by atoms with Crippen molar-refractivity contribution >= 4 is 11.6 Å². The normalized spacial score (nSPS) is 16.3. The Bertz CT molecular complexity index is 964. The highest BCUT2D eigenvalue weighted by Gasteiger charge is 2.26. The molecule has 32 heavy (non-hydrogen) atoms. The number of amides is 1. The second-order valence-corrected chi connectivity index (χ2v) is 8.83. The lowest BCUT2D eigenvalue weighted by Crippen LogP contribution is -2.38. The molecule has 1 fully saturated rings. The summed E-state index contributed by atoms with van der Waals surface area (Å²) in [5, 5.41) is 3.26. The van der Waals surface area contributed by atoms with Crippen molar-refractivity contribution in [2.24, 2.45) is 0 Å². The van der Waals surface area contributed by atoms with Crippen molar-refractivity contribution in [3.63, 3.8) is 0 Å². The highest BCUT2D eigenvalue weighted by Crippen LogP contribution is 2.28. The Morgan fingerprint density at radius 1 is 0.938 bits per heavy atom. The van der Waals surface area contributed by atoms with Crippen LogP contribution in [0.15, 0.2) is 84.9 Å². The number of carbonyl (C=O) groups is 1. The van der Waals surface area contributed by atoms with E-state index in [1.54, 1.807) is 0 Å². The molecule has 166 valence electrons. The summed E-state index contributed by atoms with van der Waals surface area (Å²) in [6.45, 7) is 2.96. The topological polar surface area (TPSA) is 35.6 Å². The summed E-state index contributed by atoms with van der Waals surface area (Å²) in [5.41, 5.74) is 4.42. The lowest BCUT2D eigenvalue weighted by Gasteiger charge is -2.23. The number of para-hydroxylation sites is 1. The molecule has 1 amide bonds. The summed E-state index contributed by atoms with van der Waals surface area (Å²) in [6, 6.07) is 29.6. The summed E-state index contributed by atoms with van der Waals surface area (Å²) in [5.74, 6) is 0.408. The van der Waals surface area contributed by atoms with E-state index in [4.69, 9.17) is 0 Å². The highest BCUT2D eigenvalue weighted by molar-refractivity contribution is 5.99. The zero-order chi connectivity index (χ0) is 22.3. The van der Waals surface area contributed by atoms with E-state index in [1.807, 2.05) is 43.3 Å². The Morgan fingerprint density at radius 2 is 1.53 bits per heavy atom. The Morgan fingerprint density at radius 3 is 2.16 bits per heavy atom. The van der Waals surface area contributed by atoms with Crippen LogP contribution in [-0.2, 0) is 0 Å². The number of hydrogen-bond donors (Lipinski definition) is 1. The smallest absolute Gasteiger partial charge is 0.253 e. The van der Waals surface area contributed by atoms with Gasteiger partial charge in [0.15, 0.2) is 0 Å². The van der Waals surface area contributed by atoms with Gasteiger partial charge in [-0.1, -0.05) is 72.8 Å². The minimum absolute atomic E-state index is 0.0209. The lowest BCUT2D eigenvalue weighted by atomic mass is 9.88. The van der Waals surface area contributed by atoms with Gasteiger partial charge in [-0.3, -0.25) is 4.79 Å². The average Bonchev–Trinajstić information content (AvgIpc) is 3.27. The molecule has 3 aromatic carbocycles. The van der Waals surface area contributed by atoms with Crippen LogP contribution in [0.3, 0.4) is 0 Å². The maximum Gasteiger partial charge on any atom is 0.253 e. The van der Waals surface area contributed by atoms with Crippen LogP contribution in [-0.4, -0.2) is 50.6 Å². The van der Waals surface area contributed by atoms with Crippen molar-refractivity contribution in [1.82, 2.24) is 10.2 Å². The third-order valence-corrected chi connectivity index (χ3v) is 6.38. The zero-order valence-corrected chi connectivity index (χ0v) is 19.1. The molecule has 1 unspecified atom stereocenters. The number of rotatable bonds is 8. The van der Waals surface area contributed by atoms with E-state index in [9.17, 15) is 4.79 Å². The van der Waals surface area contributed by atoms with Gasteiger partial charge in [-0.15, -0.1) is 0 Å². The first kappa shape index (κ1) is 22.1. The van der Waals surface area contributed by atoms with Crippen molar-refractivity contribution in [3.05, 3.63) is 102 Å². The van der Waals surface area contributed by atoms with E-state index in [-0.39, 0.29) is 11.9 Å². The van der Waals surface area contributed by atoms with Crippen LogP contribution >= 0.6 is 0 Å². The second kappa shape index (κ2) is 10.5. The molecule has 4 nitrogen and oxygen atoms in total. The molecule has 0 spiro atoms. The fraction of sp³-hybridized carbons (Fsp3) is 0.321. The second-order valence-electron chi connectivity index (χ2n) is 8.83. The van der Waals surface area contributed by atoms with Crippen LogP contribution in [0.25, 0.3) is 0 Å². The molecule has 1 N–H and O–H groups in total. The minimum atomic E-state index is 0.0209. The fourth-order valence-electron chi connectivity index (χ4n) is 4.68. The largest absolute Gasteiger partial charge is 0.377 e. The number of nitrogens with zero attached hydrogens (tertiary/aromatic N) is 2. The van der Waals surface area contributed by atoms with E-state index in [2.05, 4.69) is 70.9 Å². The van der Waals surface area contributed by atoms with Crippen LogP contribution in [0.4, 0.5) is 5.69 Å². The van der Waals surface area contributed by atoms with E-state index >= 15 is 0 Å². The first-order valence-electron chi connectivity index (χ1n) is 11.5. The lowest BCUT2D eigenvalue weighted by molar-refractivity contribution is 0.0938. The molecule has 3 aromatic rings. The van der Waals surface area contributed by atoms with Crippen LogP contribution in [0.5, 0.6) is 0 Å². The summed E-state index contributed by atoms with van der Waals surface area (Å²) >= 11 is 0. The van der Waals surface area contributed by atoms with E-state index < -0.39 is 0 Å². The summed E-state index contributed by atoms with van der Waals surface area (Å²) in [6.07, 6.45) is 2.06. The Balaban J connectivity index is 1.36. The number of nitrogens with one attached hydrogen (secondary N) is 1. The van der Waals surface area contributed by atoms with Gasteiger partial charge in [0.05, 0.1) is 5.56 Å². The number of hydrogen-bond acceptors (Lipinski definition) is 3. The Labute approximate surface area is 191 Å². The molecule has 0 aliphatic carbocycles. The van der Waals surface area contributed by atoms with Gasteiger partial charge < -0.3 is 15.1 Å². The van der Waals surface area contributed by atoms with Gasteiger partial charge in [-0.2, -0.15) is 0 Å². The molecule has 0 radical (unpaired) electrons. The highest BCUT2D eigenvalue weighted by atomic mass is 16.1. The summed E-state index contributed by atoms with van der Waals surface area (Å²) in [7, 11) is 3.94. The van der Waals surface area contributed by atoms with Gasteiger partial charge >= 0.3 is 0 Å². The van der Waals surface area contributed by atoms with Crippen LogP contribution in [0, 0.1) is 0 Å². The molecule has 1 aliphatic rings. The van der Waals surface area contributed by atoms with Gasteiger partial charge in [0.25, 0.3) is 5.91 Å². The number of benzene rings is 3.